The monoisotopic (exact) mass is 247 g/mol. The summed E-state index contributed by atoms with van der Waals surface area (Å²) in [6.45, 7) is 0. The van der Waals surface area contributed by atoms with Crippen molar-refractivity contribution in [2.24, 2.45) is 11.7 Å². The fourth-order valence-electron chi connectivity index (χ4n) is 1.70. The molecular formula is C8H13ClF3NO2. The summed E-state index contributed by atoms with van der Waals surface area (Å²) in [6, 6.07) is 0. The Hall–Kier alpha value is -0.490. The predicted octanol–water partition coefficient (Wildman–Crippen LogP) is 1.64. The lowest BCUT2D eigenvalue weighted by molar-refractivity contribution is -0.185. The lowest BCUT2D eigenvalue weighted by Gasteiger charge is -2.26. The standard InChI is InChI=1S/C8H12F3NO2.ClH/c1-14-6(13)5-2-3-7(12,4-5)8(9,10)11;/h5H,2-4,12H2,1H3;1H. The highest BCUT2D eigenvalue weighted by atomic mass is 35.5. The zero-order valence-corrected chi connectivity index (χ0v) is 8.95. The zero-order chi connectivity index (χ0) is 11.0. The van der Waals surface area contributed by atoms with Crippen molar-refractivity contribution in [3.8, 4) is 0 Å². The Balaban J connectivity index is 0.00000196. The van der Waals surface area contributed by atoms with Gasteiger partial charge in [0.1, 0.15) is 5.54 Å². The fraction of sp³-hybridized carbons (Fsp3) is 0.875. The third kappa shape index (κ3) is 2.75. The van der Waals surface area contributed by atoms with E-state index in [0.717, 1.165) is 7.11 Å². The first kappa shape index (κ1) is 14.5. The molecule has 90 valence electrons. The van der Waals surface area contributed by atoms with Crippen LogP contribution in [0, 0.1) is 5.92 Å². The maximum Gasteiger partial charge on any atom is 0.406 e. The number of halogens is 4. The van der Waals surface area contributed by atoms with E-state index >= 15 is 0 Å². The van der Waals surface area contributed by atoms with Crippen LogP contribution in [0.25, 0.3) is 0 Å². The molecule has 0 bridgehead atoms. The van der Waals surface area contributed by atoms with E-state index in [0.29, 0.717) is 0 Å². The third-order valence-electron chi connectivity index (χ3n) is 2.65. The van der Waals surface area contributed by atoms with Gasteiger partial charge >= 0.3 is 12.1 Å². The van der Waals surface area contributed by atoms with Crippen LogP contribution in [0.4, 0.5) is 13.2 Å². The molecule has 1 aliphatic rings. The minimum atomic E-state index is -4.45. The Morgan fingerprint density at radius 2 is 2.07 bits per heavy atom. The van der Waals surface area contributed by atoms with Crippen LogP contribution in [0.5, 0.6) is 0 Å². The Kier molecular flexibility index (Phi) is 4.42. The van der Waals surface area contributed by atoms with Gasteiger partial charge in [0.05, 0.1) is 13.0 Å². The molecule has 0 aliphatic heterocycles. The summed E-state index contributed by atoms with van der Waals surface area (Å²) < 4.78 is 41.6. The van der Waals surface area contributed by atoms with Gasteiger partial charge in [-0.05, 0) is 19.3 Å². The molecule has 2 N–H and O–H groups in total. The average molecular weight is 248 g/mol. The molecule has 1 saturated carbocycles. The number of carbonyl (C=O) groups is 1. The van der Waals surface area contributed by atoms with Crippen LogP contribution in [0.15, 0.2) is 0 Å². The summed E-state index contributed by atoms with van der Waals surface area (Å²) in [4.78, 5) is 11.0. The maximum absolute atomic E-state index is 12.4. The minimum Gasteiger partial charge on any atom is -0.469 e. The number of nitrogens with two attached hydrogens (primary N) is 1. The number of hydrogen-bond donors (Lipinski definition) is 1. The highest BCUT2D eigenvalue weighted by Crippen LogP contribution is 2.43. The molecule has 0 saturated heterocycles. The second-order valence-corrected chi connectivity index (χ2v) is 3.62. The summed E-state index contributed by atoms with van der Waals surface area (Å²) in [5.41, 5.74) is 2.97. The van der Waals surface area contributed by atoms with Crippen LogP contribution in [-0.2, 0) is 9.53 Å². The van der Waals surface area contributed by atoms with Gasteiger partial charge < -0.3 is 10.5 Å². The van der Waals surface area contributed by atoms with Crippen molar-refractivity contribution in [2.75, 3.05) is 7.11 Å². The molecule has 1 rings (SSSR count). The predicted molar refractivity (Wildman–Crippen MR) is 49.6 cm³/mol. The lowest BCUT2D eigenvalue weighted by Crippen LogP contribution is -2.51. The molecule has 0 aromatic rings. The molecule has 0 radical (unpaired) electrons. The summed E-state index contributed by atoms with van der Waals surface area (Å²) in [6.07, 6.45) is -4.89. The SMILES string of the molecule is COC(=O)C1CCC(N)(C(F)(F)F)C1.Cl. The van der Waals surface area contributed by atoms with E-state index in [1.54, 1.807) is 0 Å². The van der Waals surface area contributed by atoms with E-state index in [9.17, 15) is 18.0 Å². The molecule has 2 atom stereocenters. The summed E-state index contributed by atoms with van der Waals surface area (Å²) >= 11 is 0. The van der Waals surface area contributed by atoms with Gasteiger partial charge in [0.15, 0.2) is 0 Å². The minimum absolute atomic E-state index is 0. The van der Waals surface area contributed by atoms with Gasteiger partial charge in [0.25, 0.3) is 0 Å². The van der Waals surface area contributed by atoms with Crippen molar-refractivity contribution in [2.45, 2.75) is 31.0 Å². The van der Waals surface area contributed by atoms with Gasteiger partial charge in [0, 0.05) is 0 Å². The Morgan fingerprint density at radius 1 is 1.53 bits per heavy atom. The maximum atomic E-state index is 12.4. The van der Waals surface area contributed by atoms with E-state index < -0.39 is 23.6 Å². The van der Waals surface area contributed by atoms with Crippen molar-refractivity contribution in [1.29, 1.82) is 0 Å². The second-order valence-electron chi connectivity index (χ2n) is 3.62. The number of hydrogen-bond acceptors (Lipinski definition) is 3. The Bertz CT molecular complexity index is 247. The van der Waals surface area contributed by atoms with Gasteiger partial charge in [-0.2, -0.15) is 13.2 Å². The molecule has 0 heterocycles. The molecule has 2 unspecified atom stereocenters. The Morgan fingerprint density at radius 3 is 2.40 bits per heavy atom. The molecule has 0 amide bonds. The van der Waals surface area contributed by atoms with Gasteiger partial charge in [-0.1, -0.05) is 0 Å². The number of ether oxygens (including phenoxy) is 1. The van der Waals surface area contributed by atoms with E-state index in [1.165, 1.54) is 0 Å². The van der Waals surface area contributed by atoms with Crippen LogP contribution >= 0.6 is 12.4 Å². The van der Waals surface area contributed by atoms with Gasteiger partial charge in [0.2, 0.25) is 0 Å². The molecule has 0 spiro atoms. The first-order valence-corrected chi connectivity index (χ1v) is 4.23. The third-order valence-corrected chi connectivity index (χ3v) is 2.65. The van der Waals surface area contributed by atoms with E-state index in [1.807, 2.05) is 0 Å². The molecule has 0 aromatic carbocycles. The molecular weight excluding hydrogens is 235 g/mol. The quantitative estimate of drug-likeness (QED) is 0.717. The molecule has 0 aromatic heterocycles. The van der Waals surface area contributed by atoms with Crippen molar-refractivity contribution in [1.82, 2.24) is 0 Å². The largest absolute Gasteiger partial charge is 0.469 e. The number of carbonyl (C=O) groups excluding carboxylic acids is 1. The van der Waals surface area contributed by atoms with Crippen LogP contribution in [0.1, 0.15) is 19.3 Å². The normalized spacial score (nSPS) is 30.9. The van der Waals surface area contributed by atoms with Crippen molar-refractivity contribution >= 4 is 18.4 Å². The molecule has 1 fully saturated rings. The number of methoxy groups -OCH3 is 1. The zero-order valence-electron chi connectivity index (χ0n) is 8.13. The van der Waals surface area contributed by atoms with E-state index in [2.05, 4.69) is 4.74 Å². The lowest BCUT2D eigenvalue weighted by atomic mass is 9.97. The van der Waals surface area contributed by atoms with Crippen LogP contribution in [0.2, 0.25) is 0 Å². The van der Waals surface area contributed by atoms with Gasteiger partial charge in [-0.3, -0.25) is 4.79 Å². The smallest absolute Gasteiger partial charge is 0.406 e. The molecule has 1 aliphatic carbocycles. The van der Waals surface area contributed by atoms with E-state index in [-0.39, 0.29) is 31.7 Å². The van der Waals surface area contributed by atoms with Gasteiger partial charge in [-0.15, -0.1) is 12.4 Å². The van der Waals surface area contributed by atoms with Crippen molar-refractivity contribution < 1.29 is 22.7 Å². The summed E-state index contributed by atoms with van der Waals surface area (Å²) in [5.74, 6) is -1.33. The number of esters is 1. The number of rotatable bonds is 1. The van der Waals surface area contributed by atoms with Gasteiger partial charge in [-0.25, -0.2) is 0 Å². The van der Waals surface area contributed by atoms with E-state index in [4.69, 9.17) is 5.73 Å². The fourth-order valence-corrected chi connectivity index (χ4v) is 1.70. The number of alkyl halides is 3. The van der Waals surface area contributed by atoms with Crippen LogP contribution in [-0.4, -0.2) is 24.8 Å². The summed E-state index contributed by atoms with van der Waals surface area (Å²) in [7, 11) is 1.16. The van der Waals surface area contributed by atoms with Crippen molar-refractivity contribution in [3.63, 3.8) is 0 Å². The topological polar surface area (TPSA) is 52.3 Å². The second kappa shape index (κ2) is 4.57. The van der Waals surface area contributed by atoms with Crippen LogP contribution in [0.3, 0.4) is 0 Å². The molecule has 3 nitrogen and oxygen atoms in total. The first-order valence-electron chi connectivity index (χ1n) is 4.23. The molecule has 7 heteroatoms. The van der Waals surface area contributed by atoms with Crippen LogP contribution < -0.4 is 5.73 Å². The Labute approximate surface area is 91.6 Å². The average Bonchev–Trinajstić information content (AvgIpc) is 2.47. The van der Waals surface area contributed by atoms with Crippen molar-refractivity contribution in [3.05, 3.63) is 0 Å². The first-order chi connectivity index (χ1) is 6.30. The summed E-state index contributed by atoms with van der Waals surface area (Å²) in [5, 5.41) is 0. The highest BCUT2D eigenvalue weighted by molar-refractivity contribution is 5.85. The molecule has 15 heavy (non-hydrogen) atoms. The highest BCUT2D eigenvalue weighted by Gasteiger charge is 2.56.